The molecule has 1 amide bonds. The average Bonchev–Trinajstić information content (AvgIpc) is 2.63. The first-order valence-electron chi connectivity index (χ1n) is 8.42. The Morgan fingerprint density at radius 1 is 1.32 bits per heavy atom. The number of pyridine rings is 1. The first-order valence-corrected chi connectivity index (χ1v) is 8.42. The molecule has 1 saturated heterocycles. The van der Waals surface area contributed by atoms with E-state index in [1.54, 1.807) is 11.9 Å². The summed E-state index contributed by atoms with van der Waals surface area (Å²) in [5, 5.41) is 0.260. The van der Waals surface area contributed by atoms with E-state index in [9.17, 15) is 14.4 Å². The molecule has 2 unspecified atom stereocenters. The molecule has 25 heavy (non-hydrogen) atoms. The van der Waals surface area contributed by atoms with Gasteiger partial charge in [0.2, 0.25) is 0 Å². The van der Waals surface area contributed by atoms with Crippen LogP contribution in [0.5, 0.6) is 0 Å². The van der Waals surface area contributed by atoms with Crippen LogP contribution in [0.25, 0.3) is 11.0 Å². The second-order valence-electron chi connectivity index (χ2n) is 6.81. The molecule has 3 heterocycles. The molecule has 2 N–H and O–H groups in total. The number of hydrogen-bond acceptors (Lipinski definition) is 5. The molecule has 2 aromatic heterocycles. The maximum atomic E-state index is 12.8. The summed E-state index contributed by atoms with van der Waals surface area (Å²) in [6, 6.07) is 1.56. The van der Waals surface area contributed by atoms with Gasteiger partial charge in [0.15, 0.2) is 0 Å². The Hall–Kier alpha value is -2.48. The molecule has 0 saturated carbocycles. The van der Waals surface area contributed by atoms with Gasteiger partial charge < -0.3 is 10.6 Å². The quantitative estimate of drug-likeness (QED) is 0.814. The molecule has 1 aliphatic rings. The zero-order chi connectivity index (χ0) is 18.3. The molecule has 2 atom stereocenters. The Labute approximate surface area is 144 Å². The molecule has 3 rings (SSSR count). The maximum Gasteiger partial charge on any atom is 0.332 e. The smallest absolute Gasteiger partial charge is 0.332 e. The van der Waals surface area contributed by atoms with E-state index < -0.39 is 11.2 Å². The number of hydrogen-bond donors (Lipinski definition) is 1. The van der Waals surface area contributed by atoms with Gasteiger partial charge in [-0.15, -0.1) is 0 Å². The highest BCUT2D eigenvalue weighted by atomic mass is 16.2. The van der Waals surface area contributed by atoms with Crippen LogP contribution in [0.1, 0.15) is 30.1 Å². The topological polar surface area (TPSA) is 103 Å². The zero-order valence-electron chi connectivity index (χ0n) is 14.7. The number of fused-ring (bicyclic) bond motifs is 1. The summed E-state index contributed by atoms with van der Waals surface area (Å²) in [6.45, 7) is 3.24. The lowest BCUT2D eigenvalue weighted by Gasteiger charge is -2.34. The fraction of sp³-hybridized carbons (Fsp3) is 0.529. The summed E-state index contributed by atoms with van der Waals surface area (Å²) in [4.78, 5) is 43.1. The molecular formula is C17H23N5O3. The highest BCUT2D eigenvalue weighted by Gasteiger charge is 2.27. The van der Waals surface area contributed by atoms with Crippen molar-refractivity contribution in [3.05, 3.63) is 38.7 Å². The molecule has 0 spiro atoms. The standard InChI is InChI=1S/C17H23N5O3/c1-10(18)11-5-4-6-22(9-11)15(23)12-7-13-14(19-8-12)20(2)17(25)21(3)16(13)24/h7-8,10-11H,4-6,9,18H2,1-3H3. The van der Waals surface area contributed by atoms with Crippen molar-refractivity contribution in [1.29, 1.82) is 0 Å². The van der Waals surface area contributed by atoms with Gasteiger partial charge in [0, 0.05) is 39.4 Å². The minimum atomic E-state index is -0.452. The van der Waals surface area contributed by atoms with Crippen molar-refractivity contribution in [2.24, 2.45) is 25.7 Å². The second kappa shape index (κ2) is 6.44. The molecule has 134 valence electrons. The first kappa shape index (κ1) is 17.3. The van der Waals surface area contributed by atoms with Crippen LogP contribution in [-0.4, -0.2) is 44.1 Å². The van der Waals surface area contributed by atoms with Crippen molar-refractivity contribution >= 4 is 16.9 Å². The van der Waals surface area contributed by atoms with Gasteiger partial charge in [-0.05, 0) is 31.7 Å². The van der Waals surface area contributed by atoms with Crippen LogP contribution in [0.15, 0.2) is 21.9 Å². The Balaban J connectivity index is 2.01. The molecular weight excluding hydrogens is 322 g/mol. The van der Waals surface area contributed by atoms with Crippen LogP contribution >= 0.6 is 0 Å². The Bertz CT molecular complexity index is 944. The highest BCUT2D eigenvalue weighted by Crippen LogP contribution is 2.21. The van der Waals surface area contributed by atoms with Crippen molar-refractivity contribution < 1.29 is 4.79 Å². The molecule has 2 aromatic rings. The van der Waals surface area contributed by atoms with Crippen LogP contribution in [0.2, 0.25) is 0 Å². The number of likely N-dealkylation sites (tertiary alicyclic amines) is 1. The van der Waals surface area contributed by atoms with E-state index in [0.717, 1.165) is 17.4 Å². The minimum Gasteiger partial charge on any atom is -0.338 e. The van der Waals surface area contributed by atoms with E-state index in [-0.39, 0.29) is 28.9 Å². The lowest BCUT2D eigenvalue weighted by molar-refractivity contribution is 0.0660. The van der Waals surface area contributed by atoms with Crippen LogP contribution in [0, 0.1) is 5.92 Å². The van der Waals surface area contributed by atoms with Crippen molar-refractivity contribution in [3.63, 3.8) is 0 Å². The van der Waals surface area contributed by atoms with E-state index >= 15 is 0 Å². The van der Waals surface area contributed by atoms with Gasteiger partial charge in [-0.25, -0.2) is 9.78 Å². The lowest BCUT2D eigenvalue weighted by Crippen LogP contribution is -2.45. The third-order valence-corrected chi connectivity index (χ3v) is 5.03. The fourth-order valence-corrected chi connectivity index (χ4v) is 3.39. The van der Waals surface area contributed by atoms with Crippen LogP contribution < -0.4 is 17.0 Å². The molecule has 0 radical (unpaired) electrons. The van der Waals surface area contributed by atoms with E-state index in [1.165, 1.54) is 23.9 Å². The largest absolute Gasteiger partial charge is 0.338 e. The molecule has 1 fully saturated rings. The summed E-state index contributed by atoms with van der Waals surface area (Å²) in [5.74, 6) is 0.121. The SMILES string of the molecule is CC(N)C1CCCN(C(=O)c2cnc3c(c2)c(=O)n(C)c(=O)n3C)C1. The molecule has 8 heteroatoms. The Kier molecular flexibility index (Phi) is 4.47. The van der Waals surface area contributed by atoms with E-state index in [4.69, 9.17) is 5.73 Å². The third kappa shape index (κ3) is 2.97. The summed E-state index contributed by atoms with van der Waals surface area (Å²) in [5.41, 5.74) is 5.72. The van der Waals surface area contributed by atoms with Crippen LogP contribution in [0.4, 0.5) is 0 Å². The van der Waals surface area contributed by atoms with Crippen LogP contribution in [0.3, 0.4) is 0 Å². The third-order valence-electron chi connectivity index (χ3n) is 5.03. The molecule has 0 aliphatic carbocycles. The van der Waals surface area contributed by atoms with E-state index in [2.05, 4.69) is 4.98 Å². The van der Waals surface area contributed by atoms with Gasteiger partial charge in [-0.2, -0.15) is 0 Å². The normalized spacial score (nSPS) is 19.2. The first-order chi connectivity index (χ1) is 11.8. The molecule has 8 nitrogen and oxygen atoms in total. The number of aromatic nitrogens is 3. The summed E-state index contributed by atoms with van der Waals surface area (Å²) in [6.07, 6.45) is 3.36. The van der Waals surface area contributed by atoms with Gasteiger partial charge in [0.25, 0.3) is 11.5 Å². The zero-order valence-corrected chi connectivity index (χ0v) is 14.7. The van der Waals surface area contributed by atoms with Crippen molar-refractivity contribution in [3.8, 4) is 0 Å². The Morgan fingerprint density at radius 2 is 2.04 bits per heavy atom. The monoisotopic (exact) mass is 345 g/mol. The maximum absolute atomic E-state index is 12.8. The molecule has 1 aliphatic heterocycles. The summed E-state index contributed by atoms with van der Waals surface area (Å²) in [7, 11) is 2.97. The lowest BCUT2D eigenvalue weighted by atomic mass is 9.92. The van der Waals surface area contributed by atoms with E-state index in [0.29, 0.717) is 18.7 Å². The number of piperidine rings is 1. The van der Waals surface area contributed by atoms with Gasteiger partial charge in [-0.1, -0.05) is 0 Å². The summed E-state index contributed by atoms with van der Waals surface area (Å²) >= 11 is 0. The predicted molar refractivity (Wildman–Crippen MR) is 94.5 cm³/mol. The minimum absolute atomic E-state index is 0.0344. The van der Waals surface area contributed by atoms with Gasteiger partial charge in [0.05, 0.1) is 10.9 Å². The number of carbonyl (C=O) groups is 1. The number of carbonyl (C=O) groups excluding carboxylic acids is 1. The summed E-state index contributed by atoms with van der Waals surface area (Å²) < 4.78 is 2.32. The van der Waals surface area contributed by atoms with Crippen molar-refractivity contribution in [2.45, 2.75) is 25.8 Å². The van der Waals surface area contributed by atoms with Crippen molar-refractivity contribution in [2.75, 3.05) is 13.1 Å². The van der Waals surface area contributed by atoms with Gasteiger partial charge >= 0.3 is 5.69 Å². The highest BCUT2D eigenvalue weighted by molar-refractivity contribution is 5.96. The second-order valence-corrected chi connectivity index (χ2v) is 6.81. The van der Waals surface area contributed by atoms with Crippen molar-refractivity contribution in [1.82, 2.24) is 19.0 Å². The van der Waals surface area contributed by atoms with Crippen LogP contribution in [-0.2, 0) is 14.1 Å². The number of aryl methyl sites for hydroxylation is 1. The Morgan fingerprint density at radius 3 is 2.72 bits per heavy atom. The number of rotatable bonds is 2. The fourth-order valence-electron chi connectivity index (χ4n) is 3.39. The van der Waals surface area contributed by atoms with Gasteiger partial charge in [0.1, 0.15) is 5.65 Å². The number of nitrogens with zero attached hydrogens (tertiary/aromatic N) is 4. The van der Waals surface area contributed by atoms with Gasteiger partial charge in [-0.3, -0.25) is 18.7 Å². The molecule has 0 aromatic carbocycles. The van der Waals surface area contributed by atoms with E-state index in [1.807, 2.05) is 6.92 Å². The predicted octanol–water partition coefficient (Wildman–Crippen LogP) is -0.168. The number of amides is 1. The number of nitrogens with two attached hydrogens (primary N) is 1. The average molecular weight is 345 g/mol. The molecule has 0 bridgehead atoms.